The molecule has 24 heavy (non-hydrogen) atoms. The number of carbonyl (C=O) groups is 2. The average Bonchev–Trinajstić information content (AvgIpc) is 3.26. The van der Waals surface area contributed by atoms with Gasteiger partial charge in [-0.05, 0) is 39.7 Å². The van der Waals surface area contributed by atoms with Gasteiger partial charge in [0.1, 0.15) is 11.6 Å². The van der Waals surface area contributed by atoms with E-state index in [1.54, 1.807) is 6.07 Å². The highest BCUT2D eigenvalue weighted by Gasteiger charge is 2.39. The third-order valence-electron chi connectivity index (χ3n) is 4.41. The van der Waals surface area contributed by atoms with Crippen molar-refractivity contribution in [3.8, 4) is 11.5 Å². The Kier molecular flexibility index (Phi) is 4.15. The molecule has 1 aliphatic carbocycles. The Morgan fingerprint density at radius 1 is 1.42 bits per heavy atom. The van der Waals surface area contributed by atoms with Crippen molar-refractivity contribution in [1.29, 1.82) is 0 Å². The first-order valence-electron chi connectivity index (χ1n) is 8.26. The summed E-state index contributed by atoms with van der Waals surface area (Å²) < 4.78 is 11.6. The number of carboxylic acids is 1. The number of fused-ring (bicyclic) bond motifs is 1. The van der Waals surface area contributed by atoms with Gasteiger partial charge in [0, 0.05) is 18.0 Å². The SMILES string of the molecule is CC(C(=O)O)N(C(=O)COc1cccc2c1OC(C)(C)C2)C1CC1. The Labute approximate surface area is 141 Å². The lowest BCUT2D eigenvalue weighted by atomic mass is 10.0. The lowest BCUT2D eigenvalue weighted by Crippen LogP contribution is -2.46. The number of rotatable bonds is 6. The molecule has 1 saturated carbocycles. The predicted octanol–water partition coefficient (Wildman–Crippen LogP) is 2.24. The lowest BCUT2D eigenvalue weighted by molar-refractivity contribution is -0.150. The molecular weight excluding hydrogens is 310 g/mol. The number of hydrogen-bond donors (Lipinski definition) is 1. The van der Waals surface area contributed by atoms with Crippen molar-refractivity contribution in [2.75, 3.05) is 6.61 Å². The standard InChI is InChI=1S/C18H23NO5/c1-11(17(21)22)19(13-7-8-13)15(20)10-23-14-6-4-5-12-9-18(2,3)24-16(12)14/h4-6,11,13H,7-10H2,1-3H3,(H,21,22). The second-order valence-corrected chi connectivity index (χ2v) is 7.12. The highest BCUT2D eigenvalue weighted by Crippen LogP contribution is 2.41. The van der Waals surface area contributed by atoms with E-state index in [4.69, 9.17) is 9.47 Å². The van der Waals surface area contributed by atoms with Crippen LogP contribution < -0.4 is 9.47 Å². The number of hydrogen-bond acceptors (Lipinski definition) is 4. The van der Waals surface area contributed by atoms with Gasteiger partial charge in [-0.15, -0.1) is 0 Å². The zero-order valence-corrected chi connectivity index (χ0v) is 14.2. The van der Waals surface area contributed by atoms with E-state index in [2.05, 4.69) is 0 Å². The lowest BCUT2D eigenvalue weighted by Gasteiger charge is -2.26. The number of ether oxygens (including phenoxy) is 2. The summed E-state index contributed by atoms with van der Waals surface area (Å²) in [5.41, 5.74) is 0.770. The van der Waals surface area contributed by atoms with Gasteiger partial charge in [-0.3, -0.25) is 4.79 Å². The van der Waals surface area contributed by atoms with Crippen LogP contribution in [0.5, 0.6) is 11.5 Å². The van der Waals surface area contributed by atoms with Crippen molar-refractivity contribution < 1.29 is 24.2 Å². The molecule has 6 heteroatoms. The van der Waals surface area contributed by atoms with Crippen LogP contribution in [-0.4, -0.2) is 46.2 Å². The maximum Gasteiger partial charge on any atom is 0.326 e. The molecule has 1 aromatic carbocycles. The van der Waals surface area contributed by atoms with Crippen molar-refractivity contribution in [2.45, 2.75) is 57.7 Å². The van der Waals surface area contributed by atoms with E-state index in [0.717, 1.165) is 24.8 Å². The van der Waals surface area contributed by atoms with Gasteiger partial charge in [0.2, 0.25) is 0 Å². The highest BCUT2D eigenvalue weighted by molar-refractivity contribution is 5.85. The molecule has 1 heterocycles. The number of benzene rings is 1. The quantitative estimate of drug-likeness (QED) is 0.864. The molecule has 1 atom stereocenters. The van der Waals surface area contributed by atoms with Crippen LogP contribution in [0.25, 0.3) is 0 Å². The van der Waals surface area contributed by atoms with Crippen molar-refractivity contribution in [3.63, 3.8) is 0 Å². The van der Waals surface area contributed by atoms with Crippen molar-refractivity contribution >= 4 is 11.9 Å². The van der Waals surface area contributed by atoms with E-state index in [-0.39, 0.29) is 24.2 Å². The maximum absolute atomic E-state index is 12.5. The van der Waals surface area contributed by atoms with Crippen LogP contribution in [0.2, 0.25) is 0 Å². The number of para-hydroxylation sites is 1. The first-order chi connectivity index (χ1) is 11.3. The fraction of sp³-hybridized carbons (Fsp3) is 0.556. The average molecular weight is 333 g/mol. The minimum absolute atomic E-state index is 0.0175. The van der Waals surface area contributed by atoms with E-state index in [1.807, 2.05) is 26.0 Å². The summed E-state index contributed by atoms with van der Waals surface area (Å²) in [6, 6.07) is 4.81. The van der Waals surface area contributed by atoms with Crippen molar-refractivity contribution in [3.05, 3.63) is 23.8 Å². The summed E-state index contributed by atoms with van der Waals surface area (Å²) in [5.74, 6) is -0.0899. The van der Waals surface area contributed by atoms with E-state index in [1.165, 1.54) is 11.8 Å². The molecule has 3 rings (SSSR count). The summed E-state index contributed by atoms with van der Waals surface area (Å²) in [5, 5.41) is 9.19. The van der Waals surface area contributed by atoms with Gasteiger partial charge in [-0.1, -0.05) is 12.1 Å². The van der Waals surface area contributed by atoms with Gasteiger partial charge in [0.25, 0.3) is 5.91 Å². The molecule has 1 fully saturated rings. The molecule has 0 spiro atoms. The van der Waals surface area contributed by atoms with Crippen LogP contribution in [0.4, 0.5) is 0 Å². The Morgan fingerprint density at radius 2 is 2.12 bits per heavy atom. The van der Waals surface area contributed by atoms with Gasteiger partial charge < -0.3 is 19.5 Å². The van der Waals surface area contributed by atoms with E-state index in [9.17, 15) is 14.7 Å². The molecule has 0 bridgehead atoms. The molecule has 1 unspecified atom stereocenters. The van der Waals surface area contributed by atoms with Gasteiger partial charge in [-0.25, -0.2) is 4.79 Å². The van der Waals surface area contributed by atoms with Crippen molar-refractivity contribution in [1.82, 2.24) is 4.90 Å². The topological polar surface area (TPSA) is 76.1 Å². The normalized spacial score (nSPS) is 19.1. The van der Waals surface area contributed by atoms with Gasteiger partial charge in [0.15, 0.2) is 18.1 Å². The summed E-state index contributed by atoms with van der Waals surface area (Å²) in [6.07, 6.45) is 2.49. The number of nitrogens with zero attached hydrogens (tertiary/aromatic N) is 1. The Balaban J connectivity index is 1.69. The van der Waals surface area contributed by atoms with Crippen LogP contribution >= 0.6 is 0 Å². The Bertz CT molecular complexity index is 665. The fourth-order valence-electron chi connectivity index (χ4n) is 3.12. The molecule has 6 nitrogen and oxygen atoms in total. The third kappa shape index (κ3) is 3.32. The fourth-order valence-corrected chi connectivity index (χ4v) is 3.12. The van der Waals surface area contributed by atoms with E-state index >= 15 is 0 Å². The van der Waals surface area contributed by atoms with Crippen LogP contribution in [0.3, 0.4) is 0 Å². The Hall–Kier alpha value is -2.24. The van der Waals surface area contributed by atoms with E-state index < -0.39 is 12.0 Å². The minimum Gasteiger partial charge on any atom is -0.483 e. The van der Waals surface area contributed by atoms with Crippen LogP contribution in [0.1, 0.15) is 39.2 Å². The third-order valence-corrected chi connectivity index (χ3v) is 4.41. The maximum atomic E-state index is 12.5. The molecule has 0 aromatic heterocycles. The monoisotopic (exact) mass is 333 g/mol. The number of carbonyl (C=O) groups excluding carboxylic acids is 1. The van der Waals surface area contributed by atoms with Crippen LogP contribution in [0.15, 0.2) is 18.2 Å². The largest absolute Gasteiger partial charge is 0.483 e. The van der Waals surface area contributed by atoms with Crippen LogP contribution in [-0.2, 0) is 16.0 Å². The molecule has 2 aliphatic rings. The second-order valence-electron chi connectivity index (χ2n) is 7.12. The van der Waals surface area contributed by atoms with Gasteiger partial charge in [-0.2, -0.15) is 0 Å². The van der Waals surface area contributed by atoms with Crippen molar-refractivity contribution in [2.24, 2.45) is 0 Å². The van der Waals surface area contributed by atoms with Crippen LogP contribution in [0, 0.1) is 0 Å². The first-order valence-corrected chi connectivity index (χ1v) is 8.26. The Morgan fingerprint density at radius 3 is 2.75 bits per heavy atom. The first kappa shape index (κ1) is 16.6. The highest BCUT2D eigenvalue weighted by atomic mass is 16.5. The molecule has 1 aliphatic heterocycles. The number of amides is 1. The summed E-state index contributed by atoms with van der Waals surface area (Å²) >= 11 is 0. The number of carboxylic acid groups (broad SMARTS) is 1. The molecule has 1 N–H and O–H groups in total. The predicted molar refractivity (Wildman–Crippen MR) is 87.3 cm³/mol. The van der Waals surface area contributed by atoms with Gasteiger partial charge >= 0.3 is 5.97 Å². The minimum atomic E-state index is -0.999. The molecule has 0 saturated heterocycles. The zero-order valence-electron chi connectivity index (χ0n) is 14.2. The molecule has 1 aromatic rings. The zero-order chi connectivity index (χ0) is 17.5. The molecular formula is C18H23NO5. The van der Waals surface area contributed by atoms with Gasteiger partial charge in [0.05, 0.1) is 0 Å². The molecule has 130 valence electrons. The summed E-state index contributed by atoms with van der Waals surface area (Å²) in [6.45, 7) is 5.36. The number of aliphatic carboxylic acids is 1. The molecule has 0 radical (unpaired) electrons. The smallest absolute Gasteiger partial charge is 0.326 e. The summed E-state index contributed by atoms with van der Waals surface area (Å²) in [4.78, 5) is 25.1. The summed E-state index contributed by atoms with van der Waals surface area (Å²) in [7, 11) is 0. The molecule has 1 amide bonds. The second kappa shape index (κ2) is 6.00. The van der Waals surface area contributed by atoms with E-state index in [0.29, 0.717) is 11.5 Å².